The van der Waals surface area contributed by atoms with Crippen molar-refractivity contribution in [2.75, 3.05) is 6.54 Å². The Morgan fingerprint density at radius 1 is 1.25 bits per heavy atom. The second-order valence-electron chi connectivity index (χ2n) is 4.76. The van der Waals surface area contributed by atoms with Crippen LogP contribution in [0.4, 0.5) is 0 Å². The van der Waals surface area contributed by atoms with Crippen LogP contribution in [0.5, 0.6) is 0 Å². The van der Waals surface area contributed by atoms with E-state index in [9.17, 15) is 0 Å². The third kappa shape index (κ3) is 2.86. The SMILES string of the molecule is Clc1c(CNCCCn2cccn2)[nH]c2ccccc12. The van der Waals surface area contributed by atoms with Crippen molar-refractivity contribution >= 4 is 22.5 Å². The van der Waals surface area contributed by atoms with E-state index < -0.39 is 0 Å². The van der Waals surface area contributed by atoms with E-state index in [1.54, 1.807) is 6.20 Å². The van der Waals surface area contributed by atoms with Crippen molar-refractivity contribution in [3.05, 3.63) is 53.4 Å². The van der Waals surface area contributed by atoms with Crippen LogP contribution in [0, 0.1) is 0 Å². The van der Waals surface area contributed by atoms with Gasteiger partial charge in [0, 0.05) is 42.1 Å². The first-order chi connectivity index (χ1) is 9.84. The molecule has 5 heteroatoms. The molecule has 0 spiro atoms. The van der Waals surface area contributed by atoms with Gasteiger partial charge in [0.1, 0.15) is 0 Å². The molecule has 0 aliphatic heterocycles. The lowest BCUT2D eigenvalue weighted by Crippen LogP contribution is -2.17. The summed E-state index contributed by atoms with van der Waals surface area (Å²) in [7, 11) is 0. The van der Waals surface area contributed by atoms with Gasteiger partial charge in [0.25, 0.3) is 0 Å². The largest absolute Gasteiger partial charge is 0.356 e. The second kappa shape index (κ2) is 6.11. The van der Waals surface area contributed by atoms with Crippen molar-refractivity contribution in [2.45, 2.75) is 19.5 Å². The predicted molar refractivity (Wildman–Crippen MR) is 81.9 cm³/mol. The van der Waals surface area contributed by atoms with Gasteiger partial charge in [-0.15, -0.1) is 0 Å². The lowest BCUT2D eigenvalue weighted by atomic mass is 10.2. The number of fused-ring (bicyclic) bond motifs is 1. The number of aromatic nitrogens is 3. The molecule has 0 bridgehead atoms. The third-order valence-electron chi connectivity index (χ3n) is 3.32. The van der Waals surface area contributed by atoms with Crippen molar-refractivity contribution < 1.29 is 0 Å². The Morgan fingerprint density at radius 2 is 2.15 bits per heavy atom. The van der Waals surface area contributed by atoms with Crippen molar-refractivity contribution in [3.63, 3.8) is 0 Å². The summed E-state index contributed by atoms with van der Waals surface area (Å²) in [5.41, 5.74) is 2.14. The minimum atomic E-state index is 0.757. The number of hydrogen-bond donors (Lipinski definition) is 2. The van der Waals surface area contributed by atoms with Crippen LogP contribution in [0.3, 0.4) is 0 Å². The summed E-state index contributed by atoms with van der Waals surface area (Å²) in [6.07, 6.45) is 4.83. The lowest BCUT2D eigenvalue weighted by Gasteiger charge is -2.04. The Morgan fingerprint density at radius 3 is 2.95 bits per heavy atom. The maximum Gasteiger partial charge on any atom is 0.0705 e. The number of H-pyrrole nitrogens is 1. The molecule has 2 N–H and O–H groups in total. The highest BCUT2D eigenvalue weighted by molar-refractivity contribution is 6.36. The van der Waals surface area contributed by atoms with Crippen molar-refractivity contribution in [2.24, 2.45) is 0 Å². The first kappa shape index (κ1) is 13.2. The number of halogens is 1. The monoisotopic (exact) mass is 288 g/mol. The highest BCUT2D eigenvalue weighted by atomic mass is 35.5. The van der Waals surface area contributed by atoms with Crippen molar-refractivity contribution in [1.82, 2.24) is 20.1 Å². The first-order valence-electron chi connectivity index (χ1n) is 6.78. The van der Waals surface area contributed by atoms with Gasteiger partial charge in [-0.3, -0.25) is 4.68 Å². The van der Waals surface area contributed by atoms with Crippen molar-refractivity contribution in [3.8, 4) is 0 Å². The molecule has 0 fully saturated rings. The van der Waals surface area contributed by atoms with Gasteiger partial charge in [-0.25, -0.2) is 0 Å². The summed E-state index contributed by atoms with van der Waals surface area (Å²) < 4.78 is 1.94. The molecule has 0 amide bonds. The van der Waals surface area contributed by atoms with Crippen LogP contribution in [-0.2, 0) is 13.1 Å². The molecule has 3 rings (SSSR count). The molecule has 0 saturated carbocycles. The van der Waals surface area contributed by atoms with Gasteiger partial charge in [-0.2, -0.15) is 5.10 Å². The molecule has 104 valence electrons. The van der Waals surface area contributed by atoms with Gasteiger partial charge in [-0.05, 0) is 25.1 Å². The summed E-state index contributed by atoms with van der Waals surface area (Å²) in [5, 5.41) is 9.49. The van der Waals surface area contributed by atoms with Crippen LogP contribution in [0.15, 0.2) is 42.7 Å². The van der Waals surface area contributed by atoms with E-state index in [0.29, 0.717) is 0 Å². The maximum absolute atomic E-state index is 6.37. The average Bonchev–Trinajstić information content (AvgIpc) is 3.08. The van der Waals surface area contributed by atoms with E-state index in [1.165, 1.54) is 0 Å². The van der Waals surface area contributed by atoms with Gasteiger partial charge in [0.05, 0.1) is 5.02 Å². The average molecular weight is 289 g/mol. The van der Waals surface area contributed by atoms with E-state index in [0.717, 1.165) is 47.7 Å². The van der Waals surface area contributed by atoms with E-state index in [2.05, 4.69) is 15.4 Å². The number of para-hydroxylation sites is 1. The molecule has 20 heavy (non-hydrogen) atoms. The number of hydrogen-bond acceptors (Lipinski definition) is 2. The zero-order valence-electron chi connectivity index (χ0n) is 11.1. The number of aromatic amines is 1. The Hall–Kier alpha value is -1.78. The number of nitrogens with one attached hydrogen (secondary N) is 2. The van der Waals surface area contributed by atoms with Crippen molar-refractivity contribution in [1.29, 1.82) is 0 Å². The molecule has 0 unspecified atom stereocenters. The minimum Gasteiger partial charge on any atom is -0.356 e. The number of aryl methyl sites for hydroxylation is 1. The van der Waals surface area contributed by atoms with E-state index in [4.69, 9.17) is 11.6 Å². The molecule has 0 radical (unpaired) electrons. The fourth-order valence-corrected chi connectivity index (χ4v) is 2.58. The molecular weight excluding hydrogens is 272 g/mol. The molecule has 2 aromatic heterocycles. The molecule has 4 nitrogen and oxygen atoms in total. The summed E-state index contributed by atoms with van der Waals surface area (Å²) in [6, 6.07) is 10.0. The first-order valence-corrected chi connectivity index (χ1v) is 7.15. The molecule has 2 heterocycles. The summed E-state index contributed by atoms with van der Waals surface area (Å²) in [4.78, 5) is 3.36. The Kier molecular flexibility index (Phi) is 4.04. The van der Waals surface area contributed by atoms with Crippen LogP contribution in [0.2, 0.25) is 5.02 Å². The number of nitrogens with zero attached hydrogens (tertiary/aromatic N) is 2. The third-order valence-corrected chi connectivity index (χ3v) is 3.75. The Bertz CT molecular complexity index is 672. The zero-order valence-corrected chi connectivity index (χ0v) is 11.9. The fraction of sp³-hybridized carbons (Fsp3) is 0.267. The van der Waals surface area contributed by atoms with E-state index in [1.807, 2.05) is 41.2 Å². The van der Waals surface area contributed by atoms with Crippen LogP contribution >= 0.6 is 11.6 Å². The van der Waals surface area contributed by atoms with E-state index in [-0.39, 0.29) is 0 Å². The Balaban J connectivity index is 1.51. The molecule has 0 aliphatic rings. The highest BCUT2D eigenvalue weighted by Crippen LogP contribution is 2.26. The van der Waals surface area contributed by atoms with Crippen LogP contribution in [-0.4, -0.2) is 21.3 Å². The van der Waals surface area contributed by atoms with Gasteiger partial charge in [-0.1, -0.05) is 29.8 Å². The molecule has 1 aromatic carbocycles. The van der Waals surface area contributed by atoms with Crippen LogP contribution in [0.1, 0.15) is 12.1 Å². The molecule has 0 atom stereocenters. The smallest absolute Gasteiger partial charge is 0.0705 e. The quantitative estimate of drug-likeness (QED) is 0.684. The fourth-order valence-electron chi connectivity index (χ4n) is 2.30. The molecule has 3 aromatic rings. The Labute approximate surface area is 122 Å². The van der Waals surface area contributed by atoms with Crippen LogP contribution < -0.4 is 5.32 Å². The predicted octanol–water partition coefficient (Wildman–Crippen LogP) is 3.20. The van der Waals surface area contributed by atoms with Gasteiger partial charge < -0.3 is 10.3 Å². The normalized spacial score (nSPS) is 11.2. The molecular formula is C15H17ClN4. The summed E-state index contributed by atoms with van der Waals surface area (Å²) >= 11 is 6.37. The highest BCUT2D eigenvalue weighted by Gasteiger charge is 2.07. The van der Waals surface area contributed by atoms with Crippen LogP contribution in [0.25, 0.3) is 10.9 Å². The zero-order chi connectivity index (χ0) is 13.8. The topological polar surface area (TPSA) is 45.6 Å². The van der Waals surface area contributed by atoms with Gasteiger partial charge >= 0.3 is 0 Å². The number of benzene rings is 1. The number of rotatable bonds is 6. The summed E-state index contributed by atoms with van der Waals surface area (Å²) in [5.74, 6) is 0. The standard InChI is InChI=1S/C15H17ClN4/c16-15-12-5-1-2-6-13(12)19-14(15)11-17-7-3-9-20-10-4-8-18-20/h1-2,4-6,8,10,17,19H,3,7,9,11H2. The van der Waals surface area contributed by atoms with Gasteiger partial charge in [0.2, 0.25) is 0 Å². The maximum atomic E-state index is 6.37. The van der Waals surface area contributed by atoms with E-state index >= 15 is 0 Å². The lowest BCUT2D eigenvalue weighted by molar-refractivity contribution is 0.542. The second-order valence-corrected chi connectivity index (χ2v) is 5.14. The summed E-state index contributed by atoms with van der Waals surface area (Å²) in [6.45, 7) is 2.62. The minimum absolute atomic E-state index is 0.757. The molecule has 0 aliphatic carbocycles. The van der Waals surface area contributed by atoms with Gasteiger partial charge in [0.15, 0.2) is 0 Å². The molecule has 0 saturated heterocycles.